The van der Waals surface area contributed by atoms with E-state index < -0.39 is 10.0 Å². The van der Waals surface area contributed by atoms with Crippen molar-refractivity contribution >= 4 is 15.7 Å². The average molecular weight is 298 g/mol. The minimum atomic E-state index is -3.44. The largest absolute Gasteiger partial charge is 0.396 e. The minimum absolute atomic E-state index is 0.0470. The van der Waals surface area contributed by atoms with E-state index in [0.717, 1.165) is 25.1 Å². The molecule has 1 heterocycles. The Morgan fingerprint density at radius 3 is 2.65 bits per heavy atom. The molecule has 1 aliphatic heterocycles. The summed E-state index contributed by atoms with van der Waals surface area (Å²) in [6, 6.07) is 6.83. The van der Waals surface area contributed by atoms with E-state index in [9.17, 15) is 13.5 Å². The third-order valence-electron chi connectivity index (χ3n) is 3.61. The molecule has 2 N–H and O–H groups in total. The molecule has 0 saturated carbocycles. The lowest BCUT2D eigenvalue weighted by Crippen LogP contribution is -2.40. The van der Waals surface area contributed by atoms with Gasteiger partial charge >= 0.3 is 0 Å². The number of sulfonamides is 1. The minimum Gasteiger partial charge on any atom is -0.396 e. The van der Waals surface area contributed by atoms with Crippen molar-refractivity contribution in [1.29, 1.82) is 0 Å². The van der Waals surface area contributed by atoms with Gasteiger partial charge in [0.2, 0.25) is 10.0 Å². The van der Waals surface area contributed by atoms with Gasteiger partial charge in [-0.1, -0.05) is 0 Å². The summed E-state index contributed by atoms with van der Waals surface area (Å²) < 4.78 is 26.6. The van der Waals surface area contributed by atoms with Crippen LogP contribution in [0.3, 0.4) is 0 Å². The number of rotatable bonds is 5. The van der Waals surface area contributed by atoms with Crippen LogP contribution in [0.4, 0.5) is 5.69 Å². The molecule has 0 aromatic heterocycles. The fourth-order valence-corrected chi connectivity index (χ4v) is 4.05. The van der Waals surface area contributed by atoms with Gasteiger partial charge in [0.25, 0.3) is 0 Å². The number of aliphatic hydroxyl groups is 1. The van der Waals surface area contributed by atoms with Crippen molar-refractivity contribution in [3.8, 4) is 0 Å². The van der Waals surface area contributed by atoms with Crippen LogP contribution >= 0.6 is 0 Å². The van der Waals surface area contributed by atoms with E-state index in [4.69, 9.17) is 0 Å². The van der Waals surface area contributed by atoms with E-state index in [1.807, 2.05) is 6.92 Å². The standard InChI is InChI=1S/C14H22N2O3S/c1-2-15-13-5-7-14(8-6-13)20(18,19)16-9-3-4-12(10-16)11-17/h5-8,12,15,17H,2-4,9-11H2,1H3. The van der Waals surface area contributed by atoms with Gasteiger partial charge in [-0.3, -0.25) is 0 Å². The van der Waals surface area contributed by atoms with Gasteiger partial charge in [0.15, 0.2) is 0 Å². The summed E-state index contributed by atoms with van der Waals surface area (Å²) in [5.74, 6) is 0.0551. The highest BCUT2D eigenvalue weighted by atomic mass is 32.2. The van der Waals surface area contributed by atoms with Crippen molar-refractivity contribution in [2.75, 3.05) is 31.6 Å². The molecule has 1 unspecified atom stereocenters. The van der Waals surface area contributed by atoms with Gasteiger partial charge in [-0.2, -0.15) is 4.31 Å². The van der Waals surface area contributed by atoms with Gasteiger partial charge in [0, 0.05) is 31.9 Å². The van der Waals surface area contributed by atoms with Gasteiger partial charge in [0.05, 0.1) is 4.90 Å². The molecule has 1 fully saturated rings. The lowest BCUT2D eigenvalue weighted by atomic mass is 10.0. The second-order valence-corrected chi connectivity index (χ2v) is 7.05. The van der Waals surface area contributed by atoms with Crippen LogP contribution in [0.25, 0.3) is 0 Å². The molecule has 0 aliphatic carbocycles. The fraction of sp³-hybridized carbons (Fsp3) is 0.571. The van der Waals surface area contributed by atoms with Crippen molar-refractivity contribution in [3.05, 3.63) is 24.3 Å². The molecule has 1 aromatic carbocycles. The Balaban J connectivity index is 2.16. The number of piperidine rings is 1. The topological polar surface area (TPSA) is 69.6 Å². The second-order valence-electron chi connectivity index (χ2n) is 5.11. The van der Waals surface area contributed by atoms with Crippen LogP contribution in [0.15, 0.2) is 29.2 Å². The maximum atomic E-state index is 12.5. The summed E-state index contributed by atoms with van der Waals surface area (Å²) in [4.78, 5) is 0.317. The van der Waals surface area contributed by atoms with Crippen LogP contribution in [0.1, 0.15) is 19.8 Å². The first-order chi connectivity index (χ1) is 9.57. The summed E-state index contributed by atoms with van der Waals surface area (Å²) in [5.41, 5.74) is 0.915. The normalized spacial score (nSPS) is 20.8. The number of benzene rings is 1. The quantitative estimate of drug-likeness (QED) is 0.864. The molecule has 5 nitrogen and oxygen atoms in total. The second kappa shape index (κ2) is 6.56. The highest BCUT2D eigenvalue weighted by Crippen LogP contribution is 2.24. The Kier molecular flexibility index (Phi) is 5.01. The van der Waals surface area contributed by atoms with E-state index in [1.54, 1.807) is 24.3 Å². The summed E-state index contributed by atoms with van der Waals surface area (Å²) >= 11 is 0. The summed E-state index contributed by atoms with van der Waals surface area (Å²) in [7, 11) is -3.44. The Hall–Kier alpha value is -1.11. The summed E-state index contributed by atoms with van der Waals surface area (Å²) in [5, 5.41) is 12.4. The van der Waals surface area contributed by atoms with Crippen molar-refractivity contribution in [1.82, 2.24) is 4.31 Å². The first kappa shape index (κ1) is 15.3. The van der Waals surface area contributed by atoms with Crippen LogP contribution in [0.5, 0.6) is 0 Å². The number of aliphatic hydroxyl groups excluding tert-OH is 1. The lowest BCUT2D eigenvalue weighted by molar-refractivity contribution is 0.165. The summed E-state index contributed by atoms with van der Waals surface area (Å²) in [6.07, 6.45) is 1.70. The third kappa shape index (κ3) is 3.31. The van der Waals surface area contributed by atoms with Crippen molar-refractivity contribution < 1.29 is 13.5 Å². The highest BCUT2D eigenvalue weighted by Gasteiger charge is 2.29. The van der Waals surface area contributed by atoms with Gasteiger partial charge in [0.1, 0.15) is 0 Å². The van der Waals surface area contributed by atoms with Gasteiger partial charge in [-0.15, -0.1) is 0 Å². The molecule has 112 valence electrons. The Morgan fingerprint density at radius 1 is 1.35 bits per heavy atom. The maximum absolute atomic E-state index is 12.5. The van der Waals surface area contributed by atoms with Crippen LogP contribution in [-0.4, -0.2) is 44.1 Å². The average Bonchev–Trinajstić information content (AvgIpc) is 2.48. The van der Waals surface area contributed by atoms with Gasteiger partial charge < -0.3 is 10.4 Å². The molecular weight excluding hydrogens is 276 g/mol. The molecule has 1 aromatic rings. The smallest absolute Gasteiger partial charge is 0.243 e. The molecule has 0 amide bonds. The number of nitrogens with one attached hydrogen (secondary N) is 1. The molecule has 0 bridgehead atoms. The predicted octanol–water partition coefficient (Wildman–Crippen LogP) is 1.51. The first-order valence-corrected chi connectivity index (χ1v) is 8.47. The van der Waals surface area contributed by atoms with Crippen molar-refractivity contribution in [3.63, 3.8) is 0 Å². The predicted molar refractivity (Wildman–Crippen MR) is 79.2 cm³/mol. The molecule has 0 spiro atoms. The summed E-state index contributed by atoms with van der Waals surface area (Å²) in [6.45, 7) is 3.79. The first-order valence-electron chi connectivity index (χ1n) is 7.03. The van der Waals surface area contributed by atoms with Crippen LogP contribution in [0, 0.1) is 5.92 Å². The molecule has 0 radical (unpaired) electrons. The fourth-order valence-electron chi connectivity index (χ4n) is 2.49. The zero-order valence-corrected chi connectivity index (χ0v) is 12.6. The molecule has 6 heteroatoms. The van der Waals surface area contributed by atoms with Crippen LogP contribution in [-0.2, 0) is 10.0 Å². The van der Waals surface area contributed by atoms with Gasteiger partial charge in [-0.25, -0.2) is 8.42 Å². The molecular formula is C14H22N2O3S. The Morgan fingerprint density at radius 2 is 2.05 bits per heavy atom. The van der Waals surface area contributed by atoms with Gasteiger partial charge in [-0.05, 0) is 49.9 Å². The lowest BCUT2D eigenvalue weighted by Gasteiger charge is -2.30. The molecule has 1 saturated heterocycles. The molecule has 20 heavy (non-hydrogen) atoms. The monoisotopic (exact) mass is 298 g/mol. The van der Waals surface area contributed by atoms with E-state index >= 15 is 0 Å². The van der Waals surface area contributed by atoms with Crippen LogP contribution < -0.4 is 5.32 Å². The molecule has 2 rings (SSSR count). The van der Waals surface area contributed by atoms with E-state index in [-0.39, 0.29) is 12.5 Å². The Labute approximate surface area is 120 Å². The maximum Gasteiger partial charge on any atom is 0.243 e. The molecule has 1 atom stereocenters. The van der Waals surface area contributed by atoms with Crippen LogP contribution in [0.2, 0.25) is 0 Å². The third-order valence-corrected chi connectivity index (χ3v) is 5.49. The number of hydrogen-bond acceptors (Lipinski definition) is 4. The highest BCUT2D eigenvalue weighted by molar-refractivity contribution is 7.89. The van der Waals surface area contributed by atoms with Crippen molar-refractivity contribution in [2.45, 2.75) is 24.7 Å². The number of hydrogen-bond donors (Lipinski definition) is 2. The number of nitrogens with zero attached hydrogens (tertiary/aromatic N) is 1. The zero-order chi connectivity index (χ0) is 14.6. The zero-order valence-electron chi connectivity index (χ0n) is 11.7. The van der Waals surface area contributed by atoms with E-state index in [2.05, 4.69) is 5.32 Å². The van der Waals surface area contributed by atoms with E-state index in [1.165, 1.54) is 4.31 Å². The SMILES string of the molecule is CCNc1ccc(S(=O)(=O)N2CCCC(CO)C2)cc1. The Bertz CT molecular complexity index is 528. The number of anilines is 1. The van der Waals surface area contributed by atoms with Crippen molar-refractivity contribution in [2.24, 2.45) is 5.92 Å². The van der Waals surface area contributed by atoms with E-state index in [0.29, 0.717) is 18.0 Å². The molecule has 1 aliphatic rings.